The van der Waals surface area contributed by atoms with Crippen LogP contribution in [0.5, 0.6) is 0 Å². The predicted molar refractivity (Wildman–Crippen MR) is 353 cm³/mol. The maximum atomic E-state index is 11.6. The van der Waals surface area contributed by atoms with Crippen molar-refractivity contribution in [3.8, 4) is 33.5 Å². The molecule has 0 atom stereocenters. The van der Waals surface area contributed by atoms with E-state index in [4.69, 9.17) is 32.9 Å². The molecule has 0 aliphatic heterocycles. The Bertz CT molecular complexity index is 4490. The smallest absolute Gasteiger partial charge is 0.274 e. The van der Waals surface area contributed by atoms with Crippen molar-refractivity contribution in [1.82, 2.24) is 36.0 Å². The molecule has 0 spiro atoms. The molecule has 0 unspecified atom stereocenters. The van der Waals surface area contributed by atoms with Crippen molar-refractivity contribution in [1.29, 1.82) is 0 Å². The quantitative estimate of drug-likeness (QED) is 0.0195. The minimum absolute atomic E-state index is 0.250. The summed E-state index contributed by atoms with van der Waals surface area (Å²) in [7, 11) is 0. The van der Waals surface area contributed by atoms with Crippen molar-refractivity contribution < 1.29 is 39.9 Å². The number of rotatable bonds is 11. The van der Waals surface area contributed by atoms with Crippen LogP contribution in [0.3, 0.4) is 0 Å². The molecule has 0 aliphatic rings. The van der Waals surface area contributed by atoms with E-state index in [9.17, 15) is 19.2 Å². The molecule has 15 nitrogen and oxygen atoms in total. The monoisotopic (exact) mass is 1200 g/mol. The van der Waals surface area contributed by atoms with Gasteiger partial charge in [0.15, 0.2) is 10.6 Å². The third-order valence-electron chi connectivity index (χ3n) is 14.3. The van der Waals surface area contributed by atoms with Gasteiger partial charge in [0.2, 0.25) is 0 Å². The first-order chi connectivity index (χ1) is 43.4. The molecule has 3 aromatic heterocycles. The summed E-state index contributed by atoms with van der Waals surface area (Å²) < 4.78 is 2.76. The Labute approximate surface area is 517 Å². The highest BCUT2D eigenvalue weighted by Gasteiger charge is 2.11. The zero-order valence-electron chi connectivity index (χ0n) is 48.1. The number of pyridine rings is 1. The van der Waals surface area contributed by atoms with E-state index in [1.54, 1.807) is 65.2 Å². The number of aliphatic hydroxyl groups excluding tert-OH is 1. The minimum Gasteiger partial charge on any atom is -0.388 e. The first-order valence-electron chi connectivity index (χ1n) is 28.0. The van der Waals surface area contributed by atoms with Crippen LogP contribution >= 0.6 is 12.2 Å². The second kappa shape index (κ2) is 30.7. The van der Waals surface area contributed by atoms with Crippen molar-refractivity contribution in [2.75, 3.05) is 6.61 Å². The molecule has 9 N–H and O–H groups in total. The Kier molecular flexibility index (Phi) is 21.5. The maximum absolute atomic E-state index is 11.6. The number of aromatic nitrogens is 4. The number of fused-ring (bicyclic) bond motifs is 4. The van der Waals surface area contributed by atoms with Gasteiger partial charge in [-0.05, 0) is 145 Å². The highest BCUT2D eigenvalue weighted by molar-refractivity contribution is 7.71. The van der Waals surface area contributed by atoms with Gasteiger partial charge in [-0.3, -0.25) is 39.8 Å². The standard InChI is InChI=1S/C18H17NO2.2C17H13NO2.C13H11NO2.C8H7N3S/c1-13-2-4-14(5-3-13)11-19-9-8-15-6-7-16(10-17(15)19)18(21)12-20;2*19-17(18-20)14-10-8-13(9-11-14)16-7-3-5-12-4-1-2-6-15(12)16;15-13(14-16)9-8-11-6-3-5-10-4-1-2-7-12(10)11;12-8-10-5-7(11-8)6-1-3-9-4-2-6/h2-10,20H,11-12H2,1H3;2*1-11,20H,(H,18,19);1-9,16H,(H,14,15);1-5H,(H2,10,11,12)/b;;;9-8+;. The third kappa shape index (κ3) is 16.4. The lowest BCUT2D eigenvalue weighted by Gasteiger charge is -2.07. The van der Waals surface area contributed by atoms with E-state index >= 15 is 0 Å². The number of aliphatic hydroxyl groups is 1. The van der Waals surface area contributed by atoms with Gasteiger partial charge in [0.05, 0.1) is 5.69 Å². The van der Waals surface area contributed by atoms with Gasteiger partial charge in [-0.15, -0.1) is 0 Å². The van der Waals surface area contributed by atoms with Gasteiger partial charge in [-0.2, -0.15) is 0 Å². The second-order valence-electron chi connectivity index (χ2n) is 20.1. The molecule has 13 rings (SSSR count). The van der Waals surface area contributed by atoms with Crippen molar-refractivity contribution in [2.45, 2.75) is 13.5 Å². The van der Waals surface area contributed by atoms with Gasteiger partial charge in [0.25, 0.3) is 17.7 Å². The molecule has 0 saturated carbocycles. The highest BCUT2D eigenvalue weighted by atomic mass is 32.1. The van der Waals surface area contributed by atoms with Gasteiger partial charge in [-0.1, -0.05) is 194 Å². The number of nitrogens with zero attached hydrogens (tertiary/aromatic N) is 2. The van der Waals surface area contributed by atoms with E-state index in [1.807, 2.05) is 146 Å². The zero-order valence-corrected chi connectivity index (χ0v) is 48.9. The van der Waals surface area contributed by atoms with Crippen LogP contribution in [0.15, 0.2) is 267 Å². The maximum Gasteiger partial charge on any atom is 0.274 e. The number of benzene rings is 10. The fourth-order valence-electron chi connectivity index (χ4n) is 9.78. The molecule has 0 aliphatic carbocycles. The second-order valence-corrected chi connectivity index (χ2v) is 20.6. The van der Waals surface area contributed by atoms with Crippen LogP contribution in [0.2, 0.25) is 0 Å². The number of carbonyl (C=O) groups excluding carboxylic acids is 4. The number of imidazole rings is 1. The average molecular weight is 1200 g/mol. The van der Waals surface area contributed by atoms with Crippen molar-refractivity contribution in [2.24, 2.45) is 0 Å². The number of carbonyl (C=O) groups is 4. The van der Waals surface area contributed by atoms with Gasteiger partial charge in [0, 0.05) is 65.2 Å². The highest BCUT2D eigenvalue weighted by Crippen LogP contribution is 2.31. The van der Waals surface area contributed by atoms with Crippen molar-refractivity contribution in [3.63, 3.8) is 0 Å². The van der Waals surface area contributed by atoms with Gasteiger partial charge in [-0.25, -0.2) is 16.4 Å². The largest absolute Gasteiger partial charge is 0.388 e. The van der Waals surface area contributed by atoms with E-state index in [-0.39, 0.29) is 5.78 Å². The van der Waals surface area contributed by atoms with Crippen LogP contribution in [-0.4, -0.2) is 70.4 Å². The predicted octanol–water partition coefficient (Wildman–Crippen LogP) is 14.9. The number of hydrogen-bond donors (Lipinski definition) is 9. The van der Waals surface area contributed by atoms with Crippen LogP contribution in [0.4, 0.5) is 0 Å². The van der Waals surface area contributed by atoms with Gasteiger partial charge < -0.3 is 19.6 Å². The lowest BCUT2D eigenvalue weighted by Crippen LogP contribution is -2.18. The lowest BCUT2D eigenvalue weighted by atomic mass is 9.97. The Morgan fingerprint density at radius 1 is 0.528 bits per heavy atom. The average Bonchev–Trinajstić information content (AvgIpc) is 3.13. The summed E-state index contributed by atoms with van der Waals surface area (Å²) >= 11 is 4.91. The molecular weight excluding hydrogens is 1130 g/mol. The summed E-state index contributed by atoms with van der Waals surface area (Å²) in [5.74, 6) is -1.79. The van der Waals surface area contributed by atoms with E-state index in [1.165, 1.54) is 38.7 Å². The van der Waals surface area contributed by atoms with Crippen LogP contribution in [0.25, 0.3) is 82.8 Å². The molecule has 13 aromatic rings. The topological polar surface area (TPSA) is 235 Å². The summed E-state index contributed by atoms with van der Waals surface area (Å²) in [6.45, 7) is 2.38. The Morgan fingerprint density at radius 3 is 1.55 bits per heavy atom. The summed E-state index contributed by atoms with van der Waals surface area (Å²) in [5.41, 5.74) is 17.0. The SMILES string of the molecule is Cc1ccc(Cn2ccc3ccc(C(=O)CO)cc32)cc1.O=C(/C=C/c1cccc2ccccc12)NO.O=C(NO)c1ccc(-c2cccc3ccccc23)cc1.O=C(NO)c1ccc(-c2cccc3ccccc23)cc1.S=c1[nH]cc(-c2ccncc2)[nH]1. The van der Waals surface area contributed by atoms with E-state index < -0.39 is 24.3 Å². The molecule has 0 saturated heterocycles. The number of ketones is 1. The van der Waals surface area contributed by atoms with Gasteiger partial charge in [0.1, 0.15) is 6.61 Å². The summed E-state index contributed by atoms with van der Waals surface area (Å²) in [6.07, 6.45) is 10.3. The molecule has 3 heterocycles. The number of aromatic amines is 2. The van der Waals surface area contributed by atoms with Crippen LogP contribution < -0.4 is 16.4 Å². The number of H-pyrrole nitrogens is 2. The normalized spacial score (nSPS) is 10.6. The molecular formula is C73H61N7O8S. The summed E-state index contributed by atoms with van der Waals surface area (Å²) in [6, 6.07) is 76.6. The Hall–Kier alpha value is -11.2. The number of Topliss-reactive ketones (excluding diaryl/α,β-unsaturated/α-hetero) is 1. The van der Waals surface area contributed by atoms with Crippen LogP contribution in [0, 0.1) is 11.7 Å². The first kappa shape index (κ1) is 62.3. The fraction of sp³-hybridized carbons (Fsp3) is 0.0411. The van der Waals surface area contributed by atoms with Crippen molar-refractivity contribution in [3.05, 3.63) is 306 Å². The fourth-order valence-corrected chi connectivity index (χ4v) is 9.95. The number of aryl methyl sites for hydroxylation is 1. The Morgan fingerprint density at radius 2 is 1.03 bits per heavy atom. The molecule has 10 aromatic carbocycles. The minimum atomic E-state index is -0.534. The number of nitrogens with one attached hydrogen (secondary N) is 5. The molecule has 16 heteroatoms. The summed E-state index contributed by atoms with van der Waals surface area (Å²) in [5, 5.41) is 42.6. The molecule has 442 valence electrons. The molecule has 89 heavy (non-hydrogen) atoms. The molecule has 0 radical (unpaired) electrons. The lowest BCUT2D eigenvalue weighted by molar-refractivity contribution is -0.124. The van der Waals surface area contributed by atoms with E-state index in [0.29, 0.717) is 21.5 Å². The first-order valence-corrected chi connectivity index (χ1v) is 28.5. The van der Waals surface area contributed by atoms with Gasteiger partial charge >= 0.3 is 0 Å². The zero-order chi connectivity index (χ0) is 62.5. The number of hydroxylamine groups is 3. The molecule has 3 amide bonds. The molecule has 0 bridgehead atoms. The molecule has 0 fully saturated rings. The van der Waals surface area contributed by atoms with Crippen LogP contribution in [0.1, 0.15) is 47.8 Å². The van der Waals surface area contributed by atoms with E-state index in [2.05, 4.69) is 99.2 Å². The third-order valence-corrected chi connectivity index (χ3v) is 14.6. The van der Waals surface area contributed by atoms with E-state index in [0.717, 1.165) is 67.3 Å². The van der Waals surface area contributed by atoms with Crippen LogP contribution in [-0.2, 0) is 11.3 Å². The Balaban J connectivity index is 0.000000134. The number of hydrogen-bond acceptors (Lipinski definition) is 10. The number of amides is 3. The van der Waals surface area contributed by atoms with Crippen molar-refractivity contribution >= 4 is 85.0 Å². The summed E-state index contributed by atoms with van der Waals surface area (Å²) in [4.78, 5) is 55.0.